The van der Waals surface area contributed by atoms with Crippen molar-refractivity contribution in [2.45, 2.75) is 18.6 Å². The van der Waals surface area contributed by atoms with Gasteiger partial charge in [-0.1, -0.05) is 53.0 Å². The molecule has 2 aromatic rings. The molecule has 0 spiro atoms. The Morgan fingerprint density at radius 3 is 2.25 bits per heavy atom. The minimum atomic E-state index is -3.47. The number of benzene rings is 2. The summed E-state index contributed by atoms with van der Waals surface area (Å²) in [7, 11) is -3.47. The second-order valence-electron chi connectivity index (χ2n) is 6.65. The molecular formula is C19H19Cl3N2O3S. The number of piperidine rings is 1. The van der Waals surface area contributed by atoms with Gasteiger partial charge in [-0.15, -0.1) is 0 Å². The number of nitrogens with one attached hydrogen (secondary N) is 1. The molecule has 2 aromatic carbocycles. The fraction of sp³-hybridized carbons (Fsp3) is 0.316. The fourth-order valence-corrected chi connectivity index (χ4v) is 5.42. The van der Waals surface area contributed by atoms with E-state index in [2.05, 4.69) is 5.32 Å². The smallest absolute Gasteiger partial charge is 0.227 e. The Bertz CT molecular complexity index is 954. The van der Waals surface area contributed by atoms with Gasteiger partial charge in [0, 0.05) is 24.0 Å². The number of amides is 1. The van der Waals surface area contributed by atoms with E-state index in [1.807, 2.05) is 0 Å². The average Bonchev–Trinajstić information content (AvgIpc) is 2.64. The van der Waals surface area contributed by atoms with Crippen LogP contribution < -0.4 is 5.32 Å². The number of para-hydroxylation sites is 1. The van der Waals surface area contributed by atoms with E-state index < -0.39 is 10.0 Å². The molecule has 1 N–H and O–H groups in total. The van der Waals surface area contributed by atoms with Crippen molar-refractivity contribution in [1.29, 1.82) is 0 Å². The summed E-state index contributed by atoms with van der Waals surface area (Å²) >= 11 is 18.1. The molecule has 0 bridgehead atoms. The highest BCUT2D eigenvalue weighted by molar-refractivity contribution is 7.88. The van der Waals surface area contributed by atoms with Crippen molar-refractivity contribution < 1.29 is 13.2 Å². The van der Waals surface area contributed by atoms with Crippen molar-refractivity contribution in [2.75, 3.05) is 18.4 Å². The largest absolute Gasteiger partial charge is 0.323 e. The lowest BCUT2D eigenvalue weighted by Gasteiger charge is -2.30. The minimum absolute atomic E-state index is 0.111. The van der Waals surface area contributed by atoms with E-state index in [0.717, 1.165) is 0 Å². The quantitative estimate of drug-likeness (QED) is 0.693. The normalized spacial score (nSPS) is 16.1. The Labute approximate surface area is 179 Å². The number of rotatable bonds is 5. The molecule has 1 fully saturated rings. The van der Waals surface area contributed by atoms with Crippen molar-refractivity contribution in [3.05, 3.63) is 63.1 Å². The lowest BCUT2D eigenvalue weighted by molar-refractivity contribution is -0.120. The summed E-state index contributed by atoms with van der Waals surface area (Å²) in [6.07, 6.45) is 0.866. The second kappa shape index (κ2) is 9.01. The van der Waals surface area contributed by atoms with Crippen molar-refractivity contribution in [3.8, 4) is 0 Å². The van der Waals surface area contributed by atoms with E-state index in [1.165, 1.54) is 4.31 Å². The first-order chi connectivity index (χ1) is 13.3. The first kappa shape index (κ1) is 21.4. The molecule has 1 aliphatic rings. The SMILES string of the molecule is O=C(Nc1c(Cl)cccc1Cl)C1CCN(S(=O)(=O)Cc2cccc(Cl)c2)CC1. The molecular weight excluding hydrogens is 443 g/mol. The van der Waals surface area contributed by atoms with Gasteiger partial charge in [0.05, 0.1) is 21.5 Å². The lowest BCUT2D eigenvalue weighted by atomic mass is 9.97. The number of nitrogens with zero attached hydrogens (tertiary/aromatic N) is 1. The molecule has 150 valence electrons. The Hall–Kier alpha value is -1.31. The second-order valence-corrected chi connectivity index (χ2v) is 9.87. The van der Waals surface area contributed by atoms with Gasteiger partial charge in [-0.3, -0.25) is 4.79 Å². The molecule has 0 aromatic heterocycles. The highest BCUT2D eigenvalue weighted by Gasteiger charge is 2.31. The third-order valence-corrected chi connectivity index (χ3v) is 7.38. The summed E-state index contributed by atoms with van der Waals surface area (Å²) in [5, 5.41) is 3.99. The van der Waals surface area contributed by atoms with E-state index in [4.69, 9.17) is 34.8 Å². The van der Waals surface area contributed by atoms with E-state index >= 15 is 0 Å². The Morgan fingerprint density at radius 1 is 1.04 bits per heavy atom. The van der Waals surface area contributed by atoms with Gasteiger partial charge in [0.2, 0.25) is 15.9 Å². The van der Waals surface area contributed by atoms with Crippen LogP contribution in [0.3, 0.4) is 0 Å². The van der Waals surface area contributed by atoms with Gasteiger partial charge in [-0.2, -0.15) is 0 Å². The number of carbonyl (C=O) groups is 1. The molecule has 0 atom stereocenters. The van der Waals surface area contributed by atoms with E-state index in [0.29, 0.717) is 39.2 Å². The van der Waals surface area contributed by atoms with Crippen LogP contribution >= 0.6 is 34.8 Å². The van der Waals surface area contributed by atoms with Gasteiger partial charge < -0.3 is 5.32 Å². The molecule has 5 nitrogen and oxygen atoms in total. The third-order valence-electron chi connectivity index (χ3n) is 4.67. The van der Waals surface area contributed by atoms with Crippen LogP contribution in [0, 0.1) is 5.92 Å². The fourth-order valence-electron chi connectivity index (χ4n) is 3.17. The average molecular weight is 462 g/mol. The topological polar surface area (TPSA) is 66.5 Å². The maximum atomic E-state index is 12.7. The van der Waals surface area contributed by atoms with Gasteiger partial charge >= 0.3 is 0 Å². The van der Waals surface area contributed by atoms with Crippen LogP contribution in [-0.4, -0.2) is 31.7 Å². The van der Waals surface area contributed by atoms with Gasteiger partial charge in [-0.05, 0) is 42.7 Å². The van der Waals surface area contributed by atoms with Crippen LogP contribution in [0.5, 0.6) is 0 Å². The molecule has 0 unspecified atom stereocenters. The van der Waals surface area contributed by atoms with Gasteiger partial charge in [-0.25, -0.2) is 12.7 Å². The summed E-state index contributed by atoms with van der Waals surface area (Å²) in [4.78, 5) is 12.5. The van der Waals surface area contributed by atoms with Crippen molar-refractivity contribution in [1.82, 2.24) is 4.31 Å². The summed E-state index contributed by atoms with van der Waals surface area (Å²) in [6, 6.07) is 11.8. The van der Waals surface area contributed by atoms with Crippen LogP contribution in [0.2, 0.25) is 15.1 Å². The predicted octanol–water partition coefficient (Wildman–Crippen LogP) is 4.83. The van der Waals surface area contributed by atoms with E-state index in [1.54, 1.807) is 42.5 Å². The number of anilines is 1. The highest BCUT2D eigenvalue weighted by atomic mass is 35.5. The molecule has 1 amide bonds. The van der Waals surface area contributed by atoms with Gasteiger partial charge in [0.1, 0.15) is 0 Å². The summed E-state index contributed by atoms with van der Waals surface area (Å²) < 4.78 is 26.8. The number of carbonyl (C=O) groups excluding carboxylic acids is 1. The van der Waals surface area contributed by atoms with Crippen molar-refractivity contribution >= 4 is 56.4 Å². The Kier molecular flexibility index (Phi) is 6.89. The molecule has 1 aliphatic heterocycles. The summed E-state index contributed by atoms with van der Waals surface area (Å²) in [5.41, 5.74) is 1.02. The zero-order valence-corrected chi connectivity index (χ0v) is 18.0. The molecule has 0 aliphatic carbocycles. The highest BCUT2D eigenvalue weighted by Crippen LogP contribution is 2.31. The Balaban J connectivity index is 1.60. The van der Waals surface area contributed by atoms with E-state index in [-0.39, 0.29) is 30.7 Å². The maximum absolute atomic E-state index is 12.7. The minimum Gasteiger partial charge on any atom is -0.323 e. The number of hydrogen-bond acceptors (Lipinski definition) is 3. The molecule has 1 saturated heterocycles. The van der Waals surface area contributed by atoms with Crippen molar-refractivity contribution in [3.63, 3.8) is 0 Å². The number of hydrogen-bond donors (Lipinski definition) is 1. The van der Waals surface area contributed by atoms with Crippen LogP contribution in [0.4, 0.5) is 5.69 Å². The molecule has 3 rings (SSSR count). The number of halogens is 3. The van der Waals surface area contributed by atoms with Crippen LogP contribution in [0.25, 0.3) is 0 Å². The molecule has 0 radical (unpaired) electrons. The van der Waals surface area contributed by atoms with Crippen LogP contribution in [0.15, 0.2) is 42.5 Å². The van der Waals surface area contributed by atoms with Gasteiger partial charge in [0.15, 0.2) is 0 Å². The summed E-state index contributed by atoms with van der Waals surface area (Å²) in [6.45, 7) is 0.578. The van der Waals surface area contributed by atoms with Crippen LogP contribution in [-0.2, 0) is 20.6 Å². The van der Waals surface area contributed by atoms with Crippen molar-refractivity contribution in [2.24, 2.45) is 5.92 Å². The van der Waals surface area contributed by atoms with Crippen LogP contribution in [0.1, 0.15) is 18.4 Å². The lowest BCUT2D eigenvalue weighted by Crippen LogP contribution is -2.41. The van der Waals surface area contributed by atoms with Gasteiger partial charge in [0.25, 0.3) is 0 Å². The van der Waals surface area contributed by atoms with E-state index in [9.17, 15) is 13.2 Å². The first-order valence-corrected chi connectivity index (χ1v) is 11.5. The predicted molar refractivity (Wildman–Crippen MR) is 113 cm³/mol. The zero-order chi connectivity index (χ0) is 20.3. The molecule has 9 heteroatoms. The summed E-state index contributed by atoms with van der Waals surface area (Å²) in [5.74, 6) is -0.619. The number of sulfonamides is 1. The maximum Gasteiger partial charge on any atom is 0.227 e. The zero-order valence-electron chi connectivity index (χ0n) is 14.9. The molecule has 28 heavy (non-hydrogen) atoms. The molecule has 0 saturated carbocycles. The third kappa shape index (κ3) is 5.19. The monoisotopic (exact) mass is 460 g/mol. The Morgan fingerprint density at radius 2 is 1.64 bits per heavy atom. The first-order valence-electron chi connectivity index (χ1n) is 8.73. The standard InChI is InChI=1S/C19H19Cl3N2O3S/c20-15-4-1-3-13(11-15)12-28(26,27)24-9-7-14(8-10-24)19(25)23-18-16(21)5-2-6-17(18)22/h1-6,11,14H,7-10,12H2,(H,23,25). The molecule has 1 heterocycles.